The highest BCUT2D eigenvalue weighted by atomic mass is 15.3. The minimum absolute atomic E-state index is 0.181. The van der Waals surface area contributed by atoms with Crippen LogP contribution in [0.3, 0.4) is 0 Å². The van der Waals surface area contributed by atoms with E-state index in [2.05, 4.69) is 107 Å². The molecule has 0 spiro atoms. The van der Waals surface area contributed by atoms with Gasteiger partial charge >= 0.3 is 6.98 Å². The molecule has 0 unspecified atom stereocenters. The number of nitrogens with zero attached hydrogens (tertiary/aromatic N) is 3. The third-order valence-corrected chi connectivity index (χ3v) is 6.84. The lowest BCUT2D eigenvalue weighted by Crippen LogP contribution is -2.55. The average molecular weight is 419 g/mol. The fourth-order valence-electron chi connectivity index (χ4n) is 5.61. The van der Waals surface area contributed by atoms with Gasteiger partial charge in [0.05, 0.1) is 5.69 Å². The fourth-order valence-corrected chi connectivity index (χ4v) is 5.61. The van der Waals surface area contributed by atoms with E-state index in [9.17, 15) is 0 Å². The molecule has 0 N–H and O–H groups in total. The Morgan fingerprint density at radius 3 is 1.88 bits per heavy atom. The molecule has 5 rings (SSSR count). The van der Waals surface area contributed by atoms with Gasteiger partial charge < -0.3 is 9.62 Å². The highest BCUT2D eigenvalue weighted by Gasteiger charge is 2.39. The molecule has 1 aromatic heterocycles. The zero-order valence-corrected chi connectivity index (χ0v) is 20.1. The van der Waals surface area contributed by atoms with E-state index in [1.165, 1.54) is 61.0 Å². The zero-order valence-electron chi connectivity index (χ0n) is 20.1. The van der Waals surface area contributed by atoms with Crippen molar-refractivity contribution >= 4 is 34.6 Å². The standard InChI is InChI=1S/C28H30BN3/c1-17-10-18(2)14-23(13-17)28-24-16-26-25(15-22(24)8-9-30-28)31(6)29(32(26)7)27-20(4)11-19(3)12-21(27)5/h8-16H,1-7H3. The molecule has 3 aromatic carbocycles. The highest BCUT2D eigenvalue weighted by Crippen LogP contribution is 2.41. The second kappa shape index (κ2) is 7.41. The van der Waals surface area contributed by atoms with Crippen LogP contribution in [0.4, 0.5) is 11.4 Å². The van der Waals surface area contributed by atoms with Crippen LogP contribution in [-0.4, -0.2) is 26.1 Å². The second-order valence-corrected chi connectivity index (χ2v) is 9.51. The van der Waals surface area contributed by atoms with Crippen LogP contribution >= 0.6 is 0 Å². The van der Waals surface area contributed by atoms with Crippen LogP contribution in [0.2, 0.25) is 0 Å². The third kappa shape index (κ3) is 3.17. The summed E-state index contributed by atoms with van der Waals surface area (Å²) in [4.78, 5) is 9.64. The van der Waals surface area contributed by atoms with Gasteiger partial charge in [-0.05, 0) is 89.9 Å². The van der Waals surface area contributed by atoms with Crippen molar-refractivity contribution in [2.24, 2.45) is 0 Å². The number of aryl methyl sites for hydroxylation is 5. The number of anilines is 2. The van der Waals surface area contributed by atoms with Crippen LogP contribution in [-0.2, 0) is 0 Å². The van der Waals surface area contributed by atoms with Crippen molar-refractivity contribution in [3.8, 4) is 11.3 Å². The number of pyridine rings is 1. The van der Waals surface area contributed by atoms with Gasteiger partial charge in [0.15, 0.2) is 0 Å². The Bertz CT molecular complexity index is 1330. The van der Waals surface area contributed by atoms with E-state index < -0.39 is 0 Å². The van der Waals surface area contributed by atoms with Crippen LogP contribution in [0.15, 0.2) is 54.7 Å². The predicted molar refractivity (Wildman–Crippen MR) is 139 cm³/mol. The number of benzene rings is 3. The van der Waals surface area contributed by atoms with Gasteiger partial charge in [-0.3, -0.25) is 4.98 Å². The summed E-state index contributed by atoms with van der Waals surface area (Å²) < 4.78 is 0. The van der Waals surface area contributed by atoms with Gasteiger partial charge in [0.25, 0.3) is 0 Å². The van der Waals surface area contributed by atoms with E-state index in [4.69, 9.17) is 4.98 Å². The summed E-state index contributed by atoms with van der Waals surface area (Å²) in [6.45, 7) is 11.1. The van der Waals surface area contributed by atoms with Crippen LogP contribution in [0, 0.1) is 34.6 Å². The molecule has 0 aliphatic carbocycles. The zero-order chi connectivity index (χ0) is 22.7. The molecule has 0 amide bonds. The molecule has 32 heavy (non-hydrogen) atoms. The Hall–Kier alpha value is -3.27. The molecule has 1 aliphatic rings. The summed E-state index contributed by atoms with van der Waals surface area (Å²) in [6, 6.07) is 18.1. The lowest BCUT2D eigenvalue weighted by Gasteiger charge is -2.27. The lowest BCUT2D eigenvalue weighted by molar-refractivity contribution is 1.28. The number of rotatable bonds is 2. The van der Waals surface area contributed by atoms with Gasteiger partial charge in [-0.15, -0.1) is 0 Å². The van der Waals surface area contributed by atoms with Gasteiger partial charge in [0.2, 0.25) is 0 Å². The summed E-state index contributed by atoms with van der Waals surface area (Å²) in [5.41, 5.74) is 12.7. The maximum absolute atomic E-state index is 4.81. The maximum atomic E-state index is 4.81. The normalized spacial score (nSPS) is 13.3. The Balaban J connectivity index is 1.69. The summed E-state index contributed by atoms with van der Waals surface area (Å²) in [6.07, 6.45) is 1.94. The monoisotopic (exact) mass is 419 g/mol. The molecule has 0 radical (unpaired) electrons. The first-order valence-electron chi connectivity index (χ1n) is 11.3. The second-order valence-electron chi connectivity index (χ2n) is 9.51. The van der Waals surface area contributed by atoms with Gasteiger partial charge in [0, 0.05) is 28.5 Å². The maximum Gasteiger partial charge on any atom is 0.411 e. The average Bonchev–Trinajstić information content (AvgIpc) is 2.95. The molecular formula is C28H30BN3. The van der Waals surface area contributed by atoms with Crippen molar-refractivity contribution < 1.29 is 0 Å². The van der Waals surface area contributed by atoms with E-state index in [0.29, 0.717) is 0 Å². The molecule has 0 bridgehead atoms. The summed E-state index contributed by atoms with van der Waals surface area (Å²) in [5.74, 6) is 0. The Morgan fingerprint density at radius 2 is 1.25 bits per heavy atom. The Labute approximate surface area is 191 Å². The third-order valence-electron chi connectivity index (χ3n) is 6.84. The molecule has 0 atom stereocenters. The summed E-state index contributed by atoms with van der Waals surface area (Å²) in [7, 11) is 4.42. The number of aromatic nitrogens is 1. The Morgan fingerprint density at radius 1 is 0.688 bits per heavy atom. The van der Waals surface area contributed by atoms with E-state index in [-0.39, 0.29) is 6.98 Å². The van der Waals surface area contributed by atoms with Crippen LogP contribution in [0.25, 0.3) is 22.0 Å². The van der Waals surface area contributed by atoms with Crippen molar-refractivity contribution in [2.45, 2.75) is 34.6 Å². The van der Waals surface area contributed by atoms with E-state index in [1.54, 1.807) is 0 Å². The molecule has 4 aromatic rings. The smallest absolute Gasteiger partial charge is 0.393 e. The van der Waals surface area contributed by atoms with E-state index in [0.717, 1.165) is 5.69 Å². The van der Waals surface area contributed by atoms with Crippen molar-refractivity contribution in [1.29, 1.82) is 0 Å². The van der Waals surface area contributed by atoms with Crippen LogP contribution in [0.5, 0.6) is 0 Å². The quantitative estimate of drug-likeness (QED) is 0.387. The molecule has 0 saturated heterocycles. The first-order chi connectivity index (χ1) is 15.2. The van der Waals surface area contributed by atoms with Gasteiger partial charge in [-0.1, -0.05) is 46.0 Å². The van der Waals surface area contributed by atoms with Gasteiger partial charge in [-0.2, -0.15) is 0 Å². The van der Waals surface area contributed by atoms with Crippen LogP contribution < -0.4 is 15.1 Å². The van der Waals surface area contributed by atoms with Crippen molar-refractivity contribution in [3.63, 3.8) is 0 Å². The first-order valence-corrected chi connectivity index (χ1v) is 11.3. The summed E-state index contributed by atoms with van der Waals surface area (Å²) in [5, 5.41) is 2.43. The number of hydrogen-bond acceptors (Lipinski definition) is 3. The SMILES string of the molecule is Cc1cc(C)cc(-c2nccc3cc4c(cc23)N(C)B(c2c(C)cc(C)cc2C)N4C)c1. The Kier molecular flexibility index (Phi) is 4.77. The van der Waals surface area contributed by atoms with Gasteiger partial charge in [-0.25, -0.2) is 0 Å². The first kappa shape index (κ1) is 20.6. The topological polar surface area (TPSA) is 19.4 Å². The molecule has 1 aliphatic heterocycles. The van der Waals surface area contributed by atoms with Crippen LogP contribution in [0.1, 0.15) is 27.8 Å². The minimum atomic E-state index is 0.181. The molecule has 0 fully saturated rings. The number of fused-ring (bicyclic) bond motifs is 2. The molecule has 3 nitrogen and oxygen atoms in total. The predicted octanol–water partition coefficient (Wildman–Crippen LogP) is 5.73. The van der Waals surface area contributed by atoms with Crippen molar-refractivity contribution in [3.05, 3.63) is 82.5 Å². The fraction of sp³-hybridized carbons (Fsp3) is 0.250. The van der Waals surface area contributed by atoms with E-state index >= 15 is 0 Å². The molecule has 2 heterocycles. The van der Waals surface area contributed by atoms with E-state index in [1.807, 2.05) is 6.20 Å². The minimum Gasteiger partial charge on any atom is -0.393 e. The van der Waals surface area contributed by atoms with Gasteiger partial charge in [0.1, 0.15) is 0 Å². The molecule has 0 saturated carbocycles. The van der Waals surface area contributed by atoms with Crippen molar-refractivity contribution in [2.75, 3.05) is 23.7 Å². The molecular weight excluding hydrogens is 389 g/mol. The highest BCUT2D eigenvalue weighted by molar-refractivity contribution is 6.82. The lowest BCUT2D eigenvalue weighted by atomic mass is 9.62. The van der Waals surface area contributed by atoms with Crippen molar-refractivity contribution in [1.82, 2.24) is 4.98 Å². The molecule has 160 valence electrons. The summed E-state index contributed by atoms with van der Waals surface area (Å²) >= 11 is 0. The molecule has 4 heteroatoms. The number of hydrogen-bond donors (Lipinski definition) is 0. The largest absolute Gasteiger partial charge is 0.411 e.